The van der Waals surface area contributed by atoms with Gasteiger partial charge in [-0.25, -0.2) is 13.4 Å². The van der Waals surface area contributed by atoms with Crippen LogP contribution in [0.1, 0.15) is 13.8 Å². The van der Waals surface area contributed by atoms with E-state index in [0.717, 1.165) is 0 Å². The van der Waals surface area contributed by atoms with E-state index >= 15 is 0 Å². The number of rotatable bonds is 3. The molecule has 1 fully saturated rings. The highest BCUT2D eigenvalue weighted by molar-refractivity contribution is 9.10. The van der Waals surface area contributed by atoms with Crippen LogP contribution < -0.4 is 5.32 Å². The highest BCUT2D eigenvalue weighted by atomic mass is 79.9. The first-order valence-electron chi connectivity index (χ1n) is 6.33. The van der Waals surface area contributed by atoms with Crippen molar-refractivity contribution in [2.45, 2.75) is 29.2 Å². The first-order valence-corrected chi connectivity index (χ1v) is 9.51. The lowest BCUT2D eigenvalue weighted by molar-refractivity contribution is 0.405. The molecule has 0 saturated carbocycles. The topological polar surface area (TPSA) is 62.3 Å². The normalized spacial score (nSPS) is 24.6. The molecule has 2 atom stereocenters. The zero-order valence-electron chi connectivity index (χ0n) is 11.6. The van der Waals surface area contributed by atoms with Gasteiger partial charge in [0.25, 0.3) is 0 Å². The van der Waals surface area contributed by atoms with E-state index in [9.17, 15) is 8.42 Å². The van der Waals surface area contributed by atoms with Gasteiger partial charge in [0, 0.05) is 41.3 Å². The second-order valence-electron chi connectivity index (χ2n) is 4.83. The molecule has 1 aromatic heterocycles. The number of halogens is 1. The first kappa shape index (κ1) is 16.1. The van der Waals surface area contributed by atoms with Crippen LogP contribution >= 0.6 is 27.7 Å². The van der Waals surface area contributed by atoms with Crippen molar-refractivity contribution in [3.05, 3.63) is 16.7 Å². The van der Waals surface area contributed by atoms with Crippen LogP contribution in [0.5, 0.6) is 0 Å². The lowest BCUT2D eigenvalue weighted by Crippen LogP contribution is -2.44. The van der Waals surface area contributed by atoms with Crippen molar-refractivity contribution < 1.29 is 8.42 Å². The Bertz CT molecular complexity index is 584. The minimum Gasteiger partial charge on any atom is -0.372 e. The Balaban J connectivity index is 2.42. The molecule has 5 nitrogen and oxygen atoms in total. The van der Waals surface area contributed by atoms with E-state index < -0.39 is 10.0 Å². The van der Waals surface area contributed by atoms with Crippen molar-refractivity contribution in [1.82, 2.24) is 9.29 Å². The largest absolute Gasteiger partial charge is 0.372 e. The molecule has 2 heterocycles. The third-order valence-electron chi connectivity index (χ3n) is 3.06. The van der Waals surface area contributed by atoms with E-state index in [4.69, 9.17) is 0 Å². The number of aromatic nitrogens is 1. The highest BCUT2D eigenvalue weighted by Crippen LogP contribution is 2.31. The van der Waals surface area contributed by atoms with E-state index in [-0.39, 0.29) is 4.90 Å². The molecule has 1 saturated heterocycles. The monoisotopic (exact) mass is 379 g/mol. The predicted octanol–water partition coefficient (Wildman–Crippen LogP) is 2.40. The number of sulfonamides is 1. The van der Waals surface area contributed by atoms with Crippen molar-refractivity contribution in [3.8, 4) is 0 Å². The molecule has 112 valence electrons. The Morgan fingerprint density at radius 1 is 1.40 bits per heavy atom. The van der Waals surface area contributed by atoms with E-state index in [2.05, 4.69) is 40.1 Å². The maximum atomic E-state index is 12.8. The summed E-state index contributed by atoms with van der Waals surface area (Å²) in [5, 5.41) is 3.44. The molecule has 2 unspecified atom stereocenters. The second kappa shape index (κ2) is 6.21. The van der Waals surface area contributed by atoms with Crippen LogP contribution in [-0.2, 0) is 10.0 Å². The molecular formula is C12H18BrN3O2S2. The van der Waals surface area contributed by atoms with Crippen molar-refractivity contribution in [2.75, 3.05) is 25.5 Å². The number of pyridine rings is 1. The maximum Gasteiger partial charge on any atom is 0.246 e. The Morgan fingerprint density at radius 3 is 2.55 bits per heavy atom. The zero-order valence-corrected chi connectivity index (χ0v) is 14.8. The van der Waals surface area contributed by atoms with Gasteiger partial charge in [-0.3, -0.25) is 0 Å². The summed E-state index contributed by atoms with van der Waals surface area (Å²) in [5.74, 6) is 0.381. The number of nitrogens with zero attached hydrogens (tertiary/aromatic N) is 2. The molecule has 1 aliphatic rings. The van der Waals surface area contributed by atoms with E-state index in [1.165, 1.54) is 0 Å². The zero-order chi connectivity index (χ0) is 14.9. The van der Waals surface area contributed by atoms with Crippen LogP contribution in [0.15, 0.2) is 21.6 Å². The molecule has 1 N–H and O–H groups in total. The predicted molar refractivity (Wildman–Crippen MR) is 86.8 cm³/mol. The first-order chi connectivity index (χ1) is 9.34. The van der Waals surface area contributed by atoms with Crippen LogP contribution in [-0.4, -0.2) is 48.3 Å². The molecule has 1 aliphatic heterocycles. The Hall–Kier alpha value is -0.310. The summed E-state index contributed by atoms with van der Waals surface area (Å²) in [4.78, 5) is 4.35. The van der Waals surface area contributed by atoms with E-state index in [0.29, 0.717) is 33.9 Å². The molecule has 20 heavy (non-hydrogen) atoms. The van der Waals surface area contributed by atoms with Gasteiger partial charge in [-0.05, 0) is 22.0 Å². The fourth-order valence-corrected chi connectivity index (χ4v) is 6.06. The molecule has 2 rings (SSSR count). The number of anilines is 1. The maximum absolute atomic E-state index is 12.8. The Labute approximate surface area is 132 Å². The molecule has 0 bridgehead atoms. The lowest BCUT2D eigenvalue weighted by atomic mass is 10.4. The van der Waals surface area contributed by atoms with Crippen LogP contribution in [0.4, 0.5) is 5.82 Å². The summed E-state index contributed by atoms with van der Waals surface area (Å²) in [6, 6.07) is 1.60. The SMILES string of the molecule is CNc1ncc(Br)cc1S(=O)(=O)N1CC(C)SC(C)C1. The minimum atomic E-state index is -3.53. The van der Waals surface area contributed by atoms with Gasteiger partial charge in [-0.15, -0.1) is 0 Å². The van der Waals surface area contributed by atoms with Crippen molar-refractivity contribution in [2.24, 2.45) is 0 Å². The fourth-order valence-electron chi connectivity index (χ4n) is 2.27. The molecule has 0 radical (unpaired) electrons. The number of hydrogen-bond donors (Lipinski definition) is 1. The third kappa shape index (κ3) is 3.29. The molecular weight excluding hydrogens is 362 g/mol. The third-order valence-corrected chi connectivity index (χ3v) is 6.57. The van der Waals surface area contributed by atoms with Crippen molar-refractivity contribution in [3.63, 3.8) is 0 Å². The van der Waals surface area contributed by atoms with Crippen LogP contribution in [0.25, 0.3) is 0 Å². The second-order valence-corrected chi connectivity index (χ2v) is 9.53. The van der Waals surface area contributed by atoms with Crippen LogP contribution in [0, 0.1) is 0 Å². The molecule has 0 amide bonds. The van der Waals surface area contributed by atoms with E-state index in [1.807, 2.05) is 11.8 Å². The van der Waals surface area contributed by atoms with Gasteiger partial charge < -0.3 is 5.32 Å². The average molecular weight is 380 g/mol. The summed E-state index contributed by atoms with van der Waals surface area (Å²) in [7, 11) is -1.85. The van der Waals surface area contributed by atoms with Crippen LogP contribution in [0.3, 0.4) is 0 Å². The van der Waals surface area contributed by atoms with Crippen molar-refractivity contribution >= 4 is 43.5 Å². The highest BCUT2D eigenvalue weighted by Gasteiger charge is 2.33. The van der Waals surface area contributed by atoms with Gasteiger partial charge in [0.2, 0.25) is 10.0 Å². The summed E-state index contributed by atoms with van der Waals surface area (Å²) < 4.78 is 27.9. The van der Waals surface area contributed by atoms with Gasteiger partial charge in [-0.2, -0.15) is 16.1 Å². The summed E-state index contributed by atoms with van der Waals surface area (Å²) in [6.07, 6.45) is 1.59. The number of hydrogen-bond acceptors (Lipinski definition) is 5. The number of nitrogens with one attached hydrogen (secondary N) is 1. The molecule has 0 aromatic carbocycles. The smallest absolute Gasteiger partial charge is 0.246 e. The van der Waals surface area contributed by atoms with Crippen LogP contribution in [0.2, 0.25) is 0 Å². The van der Waals surface area contributed by atoms with Gasteiger partial charge in [0.15, 0.2) is 0 Å². The van der Waals surface area contributed by atoms with E-state index in [1.54, 1.807) is 23.6 Å². The fraction of sp³-hybridized carbons (Fsp3) is 0.583. The molecule has 0 aliphatic carbocycles. The standard InChI is InChI=1S/C12H18BrN3O2S2/c1-8-6-16(7-9(2)19-8)20(17,18)11-4-10(13)5-15-12(11)14-3/h4-5,8-9H,6-7H2,1-3H3,(H,14,15). The molecule has 0 spiro atoms. The lowest BCUT2D eigenvalue weighted by Gasteiger charge is -2.33. The molecule has 8 heteroatoms. The van der Waals surface area contributed by atoms with Crippen molar-refractivity contribution in [1.29, 1.82) is 0 Å². The Kier molecular flexibility index (Phi) is 4.99. The quantitative estimate of drug-likeness (QED) is 0.873. The molecule has 1 aromatic rings. The summed E-state index contributed by atoms with van der Waals surface area (Å²) >= 11 is 5.11. The average Bonchev–Trinajstić information content (AvgIpc) is 2.37. The van der Waals surface area contributed by atoms with Gasteiger partial charge in [-0.1, -0.05) is 13.8 Å². The van der Waals surface area contributed by atoms with Gasteiger partial charge in [0.1, 0.15) is 10.7 Å². The number of thioether (sulfide) groups is 1. The van der Waals surface area contributed by atoms with Gasteiger partial charge in [0.05, 0.1) is 0 Å². The summed E-state index contributed by atoms with van der Waals surface area (Å²) in [5.41, 5.74) is 0. The summed E-state index contributed by atoms with van der Waals surface area (Å²) in [6.45, 7) is 5.18. The van der Waals surface area contributed by atoms with Gasteiger partial charge >= 0.3 is 0 Å². The minimum absolute atomic E-state index is 0.223. The Morgan fingerprint density at radius 2 is 2.00 bits per heavy atom.